The molecular formula is C17H28O2. The molecule has 0 saturated heterocycles. The molecule has 0 radical (unpaired) electrons. The van der Waals surface area contributed by atoms with Crippen molar-refractivity contribution in [3.8, 4) is 0 Å². The number of hydrogen-bond donors (Lipinski definition) is 0. The van der Waals surface area contributed by atoms with Crippen LogP contribution >= 0.6 is 0 Å². The average Bonchev–Trinajstić information content (AvgIpc) is 2.32. The van der Waals surface area contributed by atoms with Gasteiger partial charge in [-0.2, -0.15) is 0 Å². The topological polar surface area (TPSA) is 26.3 Å². The SMILES string of the molecule is COC(=O)CC1=C(C)CC[C@H]2C(C)(C)CCC[C@]12C. The highest BCUT2D eigenvalue weighted by Gasteiger charge is 2.50. The first kappa shape index (κ1) is 14.6. The van der Waals surface area contributed by atoms with Gasteiger partial charge in [-0.25, -0.2) is 0 Å². The lowest BCUT2D eigenvalue weighted by Crippen LogP contribution is -2.45. The van der Waals surface area contributed by atoms with Gasteiger partial charge in [0.2, 0.25) is 0 Å². The van der Waals surface area contributed by atoms with Crippen LogP contribution < -0.4 is 0 Å². The Bertz CT molecular complexity index is 405. The molecular weight excluding hydrogens is 236 g/mol. The van der Waals surface area contributed by atoms with Gasteiger partial charge in [0.25, 0.3) is 0 Å². The van der Waals surface area contributed by atoms with Gasteiger partial charge in [0.15, 0.2) is 0 Å². The minimum atomic E-state index is -0.0837. The monoisotopic (exact) mass is 264 g/mol. The molecule has 1 fully saturated rings. The summed E-state index contributed by atoms with van der Waals surface area (Å²) in [6.07, 6.45) is 6.74. The van der Waals surface area contributed by atoms with Crippen LogP contribution in [0.25, 0.3) is 0 Å². The van der Waals surface area contributed by atoms with Crippen molar-refractivity contribution in [2.24, 2.45) is 16.7 Å². The van der Waals surface area contributed by atoms with E-state index in [1.807, 2.05) is 0 Å². The average molecular weight is 264 g/mol. The fraction of sp³-hybridized carbons (Fsp3) is 0.824. The van der Waals surface area contributed by atoms with Crippen molar-refractivity contribution >= 4 is 5.97 Å². The minimum absolute atomic E-state index is 0.0837. The molecule has 0 aromatic rings. The highest BCUT2D eigenvalue weighted by Crippen LogP contribution is 2.60. The second kappa shape index (κ2) is 4.96. The van der Waals surface area contributed by atoms with Crippen molar-refractivity contribution < 1.29 is 9.53 Å². The lowest BCUT2D eigenvalue weighted by Gasteiger charge is -2.55. The van der Waals surface area contributed by atoms with Crippen LogP contribution in [0.1, 0.15) is 66.2 Å². The van der Waals surface area contributed by atoms with Crippen LogP contribution in [0.3, 0.4) is 0 Å². The Labute approximate surface area is 117 Å². The first-order valence-electron chi connectivity index (χ1n) is 7.57. The molecule has 1 saturated carbocycles. The van der Waals surface area contributed by atoms with Gasteiger partial charge in [0.1, 0.15) is 0 Å². The van der Waals surface area contributed by atoms with E-state index in [0.717, 1.165) is 6.42 Å². The lowest BCUT2D eigenvalue weighted by atomic mass is 9.50. The Hall–Kier alpha value is -0.790. The van der Waals surface area contributed by atoms with Gasteiger partial charge in [-0.3, -0.25) is 4.79 Å². The first-order chi connectivity index (χ1) is 8.81. The Morgan fingerprint density at radius 2 is 2.00 bits per heavy atom. The summed E-state index contributed by atoms with van der Waals surface area (Å²) in [5.41, 5.74) is 3.41. The Morgan fingerprint density at radius 3 is 2.63 bits per heavy atom. The summed E-state index contributed by atoms with van der Waals surface area (Å²) in [5.74, 6) is 0.622. The molecule has 0 amide bonds. The molecule has 2 heteroatoms. The standard InChI is InChI=1S/C17H28O2/c1-12-7-8-14-16(2,3)9-6-10-17(14,4)13(12)11-15(18)19-5/h14H,6-11H2,1-5H3/t14-,17+/m0/s1. The summed E-state index contributed by atoms with van der Waals surface area (Å²) in [7, 11) is 1.49. The number of carbonyl (C=O) groups excluding carboxylic acids is 1. The van der Waals surface area contributed by atoms with Crippen LogP contribution in [0.4, 0.5) is 0 Å². The summed E-state index contributed by atoms with van der Waals surface area (Å²) in [6, 6.07) is 0. The number of allylic oxidation sites excluding steroid dienone is 1. The maximum absolute atomic E-state index is 11.7. The van der Waals surface area contributed by atoms with Crippen molar-refractivity contribution in [3.05, 3.63) is 11.1 Å². The normalized spacial score (nSPS) is 33.8. The second-order valence-corrected chi connectivity index (χ2v) is 7.36. The largest absolute Gasteiger partial charge is 0.469 e. The van der Waals surface area contributed by atoms with E-state index in [9.17, 15) is 4.79 Å². The molecule has 0 bridgehead atoms. The minimum Gasteiger partial charge on any atom is -0.469 e. The molecule has 2 aliphatic carbocycles. The van der Waals surface area contributed by atoms with E-state index in [1.54, 1.807) is 0 Å². The molecule has 0 aromatic carbocycles. The Morgan fingerprint density at radius 1 is 1.32 bits per heavy atom. The molecule has 0 aliphatic heterocycles. The van der Waals surface area contributed by atoms with Crippen LogP contribution in [0.15, 0.2) is 11.1 Å². The van der Waals surface area contributed by atoms with Gasteiger partial charge in [0, 0.05) is 0 Å². The van der Waals surface area contributed by atoms with Gasteiger partial charge in [-0.05, 0) is 49.4 Å². The summed E-state index contributed by atoms with van der Waals surface area (Å²) < 4.78 is 4.90. The predicted octanol–water partition coefficient (Wildman–Crippen LogP) is 4.49. The van der Waals surface area contributed by atoms with Crippen LogP contribution in [-0.4, -0.2) is 13.1 Å². The maximum Gasteiger partial charge on any atom is 0.309 e. The number of rotatable bonds is 2. The molecule has 2 nitrogen and oxygen atoms in total. The third-order valence-electron chi connectivity index (χ3n) is 5.79. The van der Waals surface area contributed by atoms with Crippen molar-refractivity contribution in [2.45, 2.75) is 66.2 Å². The van der Waals surface area contributed by atoms with Gasteiger partial charge in [0.05, 0.1) is 13.5 Å². The lowest BCUT2D eigenvalue weighted by molar-refractivity contribution is -0.140. The number of fused-ring (bicyclic) bond motifs is 1. The molecule has 19 heavy (non-hydrogen) atoms. The fourth-order valence-corrected chi connectivity index (χ4v) is 4.76. The van der Waals surface area contributed by atoms with E-state index >= 15 is 0 Å². The zero-order valence-electron chi connectivity index (χ0n) is 13.1. The Balaban J connectivity index is 2.37. The van der Waals surface area contributed by atoms with Gasteiger partial charge in [-0.1, -0.05) is 38.3 Å². The molecule has 108 valence electrons. The first-order valence-corrected chi connectivity index (χ1v) is 7.57. The molecule has 0 unspecified atom stereocenters. The molecule has 2 aliphatic rings. The van der Waals surface area contributed by atoms with Crippen molar-refractivity contribution in [1.82, 2.24) is 0 Å². The van der Waals surface area contributed by atoms with E-state index in [-0.39, 0.29) is 11.4 Å². The van der Waals surface area contributed by atoms with Gasteiger partial charge < -0.3 is 4.74 Å². The number of ether oxygens (including phenoxy) is 1. The van der Waals surface area contributed by atoms with E-state index in [4.69, 9.17) is 4.74 Å². The van der Waals surface area contributed by atoms with Gasteiger partial charge in [-0.15, -0.1) is 0 Å². The zero-order chi connectivity index (χ0) is 14.3. The summed E-state index contributed by atoms with van der Waals surface area (Å²) in [5, 5.41) is 0. The van der Waals surface area contributed by atoms with Crippen molar-refractivity contribution in [1.29, 1.82) is 0 Å². The molecule has 0 heterocycles. The van der Waals surface area contributed by atoms with E-state index in [1.165, 1.54) is 43.9 Å². The highest BCUT2D eigenvalue weighted by molar-refractivity contribution is 5.73. The molecule has 0 aromatic heterocycles. The Kier molecular flexibility index (Phi) is 3.81. The van der Waals surface area contributed by atoms with E-state index < -0.39 is 0 Å². The highest BCUT2D eigenvalue weighted by atomic mass is 16.5. The van der Waals surface area contributed by atoms with Crippen LogP contribution in [0.2, 0.25) is 0 Å². The molecule has 2 rings (SSSR count). The third kappa shape index (κ3) is 2.46. The van der Waals surface area contributed by atoms with Crippen LogP contribution in [0, 0.1) is 16.7 Å². The molecule has 0 N–H and O–H groups in total. The molecule has 2 atom stereocenters. The van der Waals surface area contributed by atoms with E-state index in [0.29, 0.717) is 17.8 Å². The number of methoxy groups -OCH3 is 1. The second-order valence-electron chi connectivity index (χ2n) is 7.36. The number of carbonyl (C=O) groups is 1. The quantitative estimate of drug-likeness (QED) is 0.542. The number of esters is 1. The fourth-order valence-electron chi connectivity index (χ4n) is 4.76. The van der Waals surface area contributed by atoms with Gasteiger partial charge >= 0.3 is 5.97 Å². The van der Waals surface area contributed by atoms with E-state index in [2.05, 4.69) is 27.7 Å². The van der Waals surface area contributed by atoms with Crippen molar-refractivity contribution in [3.63, 3.8) is 0 Å². The third-order valence-corrected chi connectivity index (χ3v) is 5.79. The smallest absolute Gasteiger partial charge is 0.309 e. The van der Waals surface area contributed by atoms with Crippen LogP contribution in [-0.2, 0) is 9.53 Å². The maximum atomic E-state index is 11.7. The zero-order valence-corrected chi connectivity index (χ0v) is 13.1. The summed E-state index contributed by atoms with van der Waals surface area (Å²) >= 11 is 0. The van der Waals surface area contributed by atoms with Crippen molar-refractivity contribution in [2.75, 3.05) is 7.11 Å². The predicted molar refractivity (Wildman–Crippen MR) is 77.8 cm³/mol. The van der Waals surface area contributed by atoms with Crippen LogP contribution in [0.5, 0.6) is 0 Å². The summed E-state index contributed by atoms with van der Waals surface area (Å²) in [4.78, 5) is 11.7. The summed E-state index contributed by atoms with van der Waals surface area (Å²) in [6.45, 7) is 9.41. The number of hydrogen-bond acceptors (Lipinski definition) is 2. The molecule has 0 spiro atoms.